The maximum absolute atomic E-state index is 12.8. The molecule has 27 heavy (non-hydrogen) atoms. The summed E-state index contributed by atoms with van der Waals surface area (Å²) in [6.07, 6.45) is -0.460. The summed E-state index contributed by atoms with van der Waals surface area (Å²) < 4.78 is 12.0. The molecule has 0 spiro atoms. The molecular formula is C21H22ClNO4. The molecule has 0 aliphatic rings. The van der Waals surface area contributed by atoms with Crippen LogP contribution >= 0.6 is 11.6 Å². The SMILES string of the molecule is COC(=O)C(C)c1ccc2c(c1)c1cc(Cl)ccc1n2C(=O)OC(C)(C)C. The van der Waals surface area contributed by atoms with Crippen molar-refractivity contribution in [3.8, 4) is 0 Å². The van der Waals surface area contributed by atoms with Gasteiger partial charge in [-0.1, -0.05) is 17.7 Å². The molecule has 2 aromatic carbocycles. The number of benzene rings is 2. The Kier molecular flexibility index (Phi) is 4.91. The van der Waals surface area contributed by atoms with Crippen LogP contribution in [-0.2, 0) is 14.3 Å². The third-order valence-corrected chi connectivity index (χ3v) is 4.62. The molecule has 0 N–H and O–H groups in total. The van der Waals surface area contributed by atoms with Crippen LogP contribution in [0, 0.1) is 0 Å². The second-order valence-corrected chi connectivity index (χ2v) is 7.94. The monoisotopic (exact) mass is 387 g/mol. The highest BCUT2D eigenvalue weighted by atomic mass is 35.5. The molecule has 5 nitrogen and oxygen atoms in total. The van der Waals surface area contributed by atoms with E-state index in [1.165, 1.54) is 7.11 Å². The molecule has 1 heterocycles. The first kappa shape index (κ1) is 19.2. The van der Waals surface area contributed by atoms with Gasteiger partial charge in [0.05, 0.1) is 24.1 Å². The van der Waals surface area contributed by atoms with Gasteiger partial charge in [0, 0.05) is 15.8 Å². The minimum absolute atomic E-state index is 0.316. The second-order valence-electron chi connectivity index (χ2n) is 7.50. The van der Waals surface area contributed by atoms with Crippen LogP contribution in [0.1, 0.15) is 39.2 Å². The highest BCUT2D eigenvalue weighted by Gasteiger charge is 2.24. The van der Waals surface area contributed by atoms with Crippen molar-refractivity contribution in [2.45, 2.75) is 39.2 Å². The molecule has 0 amide bonds. The fourth-order valence-corrected chi connectivity index (χ4v) is 3.27. The normalized spacial score (nSPS) is 13.0. The van der Waals surface area contributed by atoms with Crippen molar-refractivity contribution in [3.63, 3.8) is 0 Å². The smallest absolute Gasteiger partial charge is 0.419 e. The van der Waals surface area contributed by atoms with E-state index in [4.69, 9.17) is 21.1 Å². The molecule has 142 valence electrons. The highest BCUT2D eigenvalue weighted by molar-refractivity contribution is 6.32. The Morgan fingerprint density at radius 1 is 1.04 bits per heavy atom. The van der Waals surface area contributed by atoms with Gasteiger partial charge in [0.15, 0.2) is 0 Å². The molecule has 6 heteroatoms. The standard InChI is InChI=1S/C21H22ClNO4/c1-12(19(24)26-5)13-6-8-17-15(10-13)16-11-14(22)7-9-18(16)23(17)20(25)27-21(2,3)4/h6-12H,1-5H3. The Hall–Kier alpha value is -2.53. The molecule has 3 aromatic rings. The zero-order valence-corrected chi connectivity index (χ0v) is 16.8. The van der Waals surface area contributed by atoms with E-state index in [1.807, 2.05) is 45.0 Å². The van der Waals surface area contributed by atoms with Gasteiger partial charge in [-0.05, 0) is 63.6 Å². The molecule has 0 bridgehead atoms. The Morgan fingerprint density at radius 3 is 2.22 bits per heavy atom. The number of hydrogen-bond acceptors (Lipinski definition) is 4. The van der Waals surface area contributed by atoms with Crippen LogP contribution in [0.5, 0.6) is 0 Å². The van der Waals surface area contributed by atoms with Gasteiger partial charge in [-0.2, -0.15) is 0 Å². The van der Waals surface area contributed by atoms with Crippen LogP contribution in [0.15, 0.2) is 36.4 Å². The third-order valence-electron chi connectivity index (χ3n) is 4.38. The number of hydrogen-bond donors (Lipinski definition) is 0. The molecule has 0 saturated heterocycles. The van der Waals surface area contributed by atoms with E-state index in [0.717, 1.165) is 16.3 Å². The zero-order chi connectivity index (χ0) is 19.9. The van der Waals surface area contributed by atoms with Crippen molar-refractivity contribution in [2.75, 3.05) is 7.11 Å². The van der Waals surface area contributed by atoms with E-state index >= 15 is 0 Å². The van der Waals surface area contributed by atoms with Gasteiger partial charge >= 0.3 is 12.1 Å². The molecule has 0 saturated carbocycles. The first-order chi connectivity index (χ1) is 12.6. The van der Waals surface area contributed by atoms with Crippen molar-refractivity contribution in [2.24, 2.45) is 0 Å². The fourth-order valence-electron chi connectivity index (χ4n) is 3.10. The number of nitrogens with zero attached hydrogens (tertiary/aromatic N) is 1. The highest BCUT2D eigenvalue weighted by Crippen LogP contribution is 2.34. The molecule has 0 aliphatic heterocycles. The number of rotatable bonds is 2. The van der Waals surface area contributed by atoms with Crippen molar-refractivity contribution in [1.29, 1.82) is 0 Å². The molecule has 0 aliphatic carbocycles. The van der Waals surface area contributed by atoms with E-state index in [2.05, 4.69) is 0 Å². The van der Waals surface area contributed by atoms with Gasteiger partial charge in [-0.3, -0.25) is 4.79 Å². The summed E-state index contributed by atoms with van der Waals surface area (Å²) in [6.45, 7) is 7.26. The first-order valence-corrected chi connectivity index (χ1v) is 9.05. The molecular weight excluding hydrogens is 366 g/mol. The Balaban J connectivity index is 2.26. The molecule has 1 unspecified atom stereocenters. The summed E-state index contributed by atoms with van der Waals surface area (Å²) in [5.74, 6) is -0.734. The summed E-state index contributed by atoms with van der Waals surface area (Å²) in [6, 6.07) is 10.9. The predicted molar refractivity (Wildman–Crippen MR) is 107 cm³/mol. The van der Waals surface area contributed by atoms with E-state index in [0.29, 0.717) is 16.1 Å². The summed E-state index contributed by atoms with van der Waals surface area (Å²) in [5, 5.41) is 2.21. The van der Waals surface area contributed by atoms with Crippen LogP contribution in [0.2, 0.25) is 5.02 Å². The number of aromatic nitrogens is 1. The summed E-state index contributed by atoms with van der Waals surface area (Å²) in [7, 11) is 1.37. The van der Waals surface area contributed by atoms with Gasteiger partial charge in [-0.15, -0.1) is 0 Å². The predicted octanol–water partition coefficient (Wildman–Crippen LogP) is 5.51. The maximum atomic E-state index is 12.8. The Morgan fingerprint density at radius 2 is 1.63 bits per heavy atom. The largest absolute Gasteiger partial charge is 0.469 e. The van der Waals surface area contributed by atoms with Gasteiger partial charge < -0.3 is 9.47 Å². The Bertz CT molecular complexity index is 1050. The van der Waals surface area contributed by atoms with Crippen LogP contribution < -0.4 is 0 Å². The topological polar surface area (TPSA) is 57.5 Å². The molecule has 0 radical (unpaired) electrons. The average molecular weight is 388 g/mol. The van der Waals surface area contributed by atoms with Gasteiger partial charge in [-0.25, -0.2) is 9.36 Å². The van der Waals surface area contributed by atoms with Crippen LogP contribution in [0.4, 0.5) is 4.79 Å². The molecule has 3 rings (SSSR count). The average Bonchev–Trinajstić information content (AvgIpc) is 2.92. The van der Waals surface area contributed by atoms with Gasteiger partial charge in [0.2, 0.25) is 0 Å². The number of halogens is 1. The second kappa shape index (κ2) is 6.89. The molecule has 0 fully saturated rings. The lowest BCUT2D eigenvalue weighted by Gasteiger charge is -2.20. The summed E-state index contributed by atoms with van der Waals surface area (Å²) in [5.41, 5.74) is 1.58. The van der Waals surface area contributed by atoms with Gasteiger partial charge in [0.25, 0.3) is 0 Å². The van der Waals surface area contributed by atoms with E-state index in [9.17, 15) is 9.59 Å². The van der Waals surface area contributed by atoms with Crippen LogP contribution in [-0.4, -0.2) is 29.3 Å². The van der Waals surface area contributed by atoms with Crippen LogP contribution in [0.25, 0.3) is 21.8 Å². The quantitative estimate of drug-likeness (QED) is 0.544. The van der Waals surface area contributed by atoms with Crippen LogP contribution in [0.3, 0.4) is 0 Å². The number of ether oxygens (including phenoxy) is 2. The Labute approximate surface area is 162 Å². The minimum Gasteiger partial charge on any atom is -0.469 e. The van der Waals surface area contributed by atoms with Crippen molar-refractivity contribution < 1.29 is 19.1 Å². The third kappa shape index (κ3) is 3.65. The number of methoxy groups -OCH3 is 1. The van der Waals surface area contributed by atoms with E-state index in [-0.39, 0.29) is 5.97 Å². The van der Waals surface area contributed by atoms with E-state index < -0.39 is 17.6 Å². The van der Waals surface area contributed by atoms with Crippen molar-refractivity contribution >= 4 is 45.5 Å². The lowest BCUT2D eigenvalue weighted by atomic mass is 9.99. The summed E-state index contributed by atoms with van der Waals surface area (Å²) >= 11 is 6.19. The number of carbonyl (C=O) groups excluding carboxylic acids is 2. The zero-order valence-electron chi connectivity index (χ0n) is 16.0. The van der Waals surface area contributed by atoms with E-state index in [1.54, 1.807) is 23.6 Å². The molecule has 1 aromatic heterocycles. The lowest BCUT2D eigenvalue weighted by molar-refractivity contribution is -0.141. The number of carbonyl (C=O) groups is 2. The lowest BCUT2D eigenvalue weighted by Crippen LogP contribution is -2.27. The minimum atomic E-state index is -0.619. The number of fused-ring (bicyclic) bond motifs is 3. The number of esters is 1. The first-order valence-electron chi connectivity index (χ1n) is 8.67. The van der Waals surface area contributed by atoms with Crippen molar-refractivity contribution in [3.05, 3.63) is 47.0 Å². The summed E-state index contributed by atoms with van der Waals surface area (Å²) in [4.78, 5) is 24.8. The maximum Gasteiger partial charge on any atom is 0.419 e. The van der Waals surface area contributed by atoms with Crippen molar-refractivity contribution in [1.82, 2.24) is 4.57 Å². The fraction of sp³-hybridized carbons (Fsp3) is 0.333. The van der Waals surface area contributed by atoms with Gasteiger partial charge in [0.1, 0.15) is 5.60 Å². The molecule has 1 atom stereocenters.